The third-order valence-corrected chi connectivity index (χ3v) is 4.08. The standard InChI is InChI=1S/C15H21N3/c1-10-6-5-7-18(13(10)4)15-14(9-16)11(2)8-12(3)17-15/h8,10,13H,5-7H2,1-4H3. The number of hydrogen-bond donors (Lipinski definition) is 0. The Morgan fingerprint density at radius 2 is 2.11 bits per heavy atom. The number of piperidine rings is 1. The van der Waals surface area contributed by atoms with Gasteiger partial charge in [0.2, 0.25) is 0 Å². The van der Waals surface area contributed by atoms with Crippen LogP contribution in [0, 0.1) is 31.1 Å². The fourth-order valence-electron chi connectivity index (χ4n) is 2.80. The maximum atomic E-state index is 9.36. The maximum absolute atomic E-state index is 9.36. The van der Waals surface area contributed by atoms with Crippen molar-refractivity contribution in [1.29, 1.82) is 5.26 Å². The Labute approximate surface area is 109 Å². The molecule has 1 aromatic heterocycles. The Morgan fingerprint density at radius 3 is 2.78 bits per heavy atom. The lowest BCUT2D eigenvalue weighted by Gasteiger charge is -2.39. The van der Waals surface area contributed by atoms with Crippen molar-refractivity contribution in [3.8, 4) is 6.07 Å². The van der Waals surface area contributed by atoms with E-state index in [2.05, 4.69) is 29.8 Å². The van der Waals surface area contributed by atoms with Crippen molar-refractivity contribution in [2.24, 2.45) is 5.92 Å². The predicted molar refractivity (Wildman–Crippen MR) is 73.6 cm³/mol. The molecule has 0 amide bonds. The van der Waals surface area contributed by atoms with Crippen LogP contribution in [0.4, 0.5) is 5.82 Å². The number of aromatic nitrogens is 1. The van der Waals surface area contributed by atoms with Crippen LogP contribution in [0.3, 0.4) is 0 Å². The van der Waals surface area contributed by atoms with Crippen LogP contribution in [-0.4, -0.2) is 17.6 Å². The zero-order valence-electron chi connectivity index (χ0n) is 11.7. The van der Waals surface area contributed by atoms with E-state index in [0.717, 1.165) is 29.2 Å². The molecule has 2 heterocycles. The van der Waals surface area contributed by atoms with Gasteiger partial charge in [-0.3, -0.25) is 0 Å². The van der Waals surface area contributed by atoms with E-state index in [0.29, 0.717) is 12.0 Å². The molecule has 0 aliphatic carbocycles. The lowest BCUT2D eigenvalue weighted by Crippen LogP contribution is -2.43. The molecule has 2 unspecified atom stereocenters. The predicted octanol–water partition coefficient (Wildman–Crippen LogP) is 3.19. The third-order valence-electron chi connectivity index (χ3n) is 4.08. The first-order valence-corrected chi connectivity index (χ1v) is 6.69. The second-order valence-electron chi connectivity index (χ2n) is 5.44. The van der Waals surface area contributed by atoms with Crippen LogP contribution >= 0.6 is 0 Å². The summed E-state index contributed by atoms with van der Waals surface area (Å²) in [5.41, 5.74) is 2.76. The van der Waals surface area contributed by atoms with E-state index in [-0.39, 0.29) is 0 Å². The molecule has 1 aromatic rings. The highest BCUT2D eigenvalue weighted by molar-refractivity contribution is 5.58. The number of rotatable bonds is 1. The summed E-state index contributed by atoms with van der Waals surface area (Å²) in [5, 5.41) is 9.36. The third kappa shape index (κ3) is 2.20. The van der Waals surface area contributed by atoms with Gasteiger partial charge < -0.3 is 4.90 Å². The van der Waals surface area contributed by atoms with Crippen molar-refractivity contribution in [3.05, 3.63) is 22.9 Å². The number of pyridine rings is 1. The van der Waals surface area contributed by atoms with Gasteiger partial charge in [0, 0.05) is 18.3 Å². The van der Waals surface area contributed by atoms with Crippen molar-refractivity contribution in [1.82, 2.24) is 4.98 Å². The molecule has 0 spiro atoms. The minimum Gasteiger partial charge on any atom is -0.353 e. The maximum Gasteiger partial charge on any atom is 0.147 e. The molecule has 96 valence electrons. The number of nitrogens with zero attached hydrogens (tertiary/aromatic N) is 3. The Bertz CT molecular complexity index is 487. The summed E-state index contributed by atoms with van der Waals surface area (Å²) in [6.07, 6.45) is 2.45. The van der Waals surface area contributed by atoms with Crippen LogP contribution in [0.1, 0.15) is 43.5 Å². The minimum atomic E-state index is 0.458. The Kier molecular flexibility index (Phi) is 3.56. The molecule has 18 heavy (non-hydrogen) atoms. The summed E-state index contributed by atoms with van der Waals surface area (Å²) in [5.74, 6) is 1.54. The Balaban J connectivity index is 2.47. The molecule has 1 aliphatic heterocycles. The average molecular weight is 243 g/mol. The number of hydrogen-bond acceptors (Lipinski definition) is 3. The summed E-state index contributed by atoms with van der Waals surface area (Å²) < 4.78 is 0. The van der Waals surface area contributed by atoms with E-state index < -0.39 is 0 Å². The molecule has 3 heteroatoms. The van der Waals surface area contributed by atoms with Crippen molar-refractivity contribution >= 4 is 5.82 Å². The van der Waals surface area contributed by atoms with E-state index in [1.165, 1.54) is 12.8 Å². The summed E-state index contributed by atoms with van der Waals surface area (Å²) >= 11 is 0. The smallest absolute Gasteiger partial charge is 0.147 e. The van der Waals surface area contributed by atoms with Gasteiger partial charge in [0.15, 0.2) is 0 Å². The van der Waals surface area contributed by atoms with Gasteiger partial charge in [-0.05, 0) is 51.2 Å². The molecule has 0 saturated carbocycles. The fourth-order valence-corrected chi connectivity index (χ4v) is 2.80. The van der Waals surface area contributed by atoms with Gasteiger partial charge in [0.1, 0.15) is 11.9 Å². The first-order valence-electron chi connectivity index (χ1n) is 6.69. The summed E-state index contributed by atoms with van der Waals surface area (Å²) in [4.78, 5) is 6.93. The topological polar surface area (TPSA) is 39.9 Å². The van der Waals surface area contributed by atoms with Crippen LogP contribution in [-0.2, 0) is 0 Å². The highest BCUT2D eigenvalue weighted by Gasteiger charge is 2.27. The molecule has 1 aliphatic rings. The van der Waals surface area contributed by atoms with E-state index >= 15 is 0 Å². The molecule has 2 atom stereocenters. The van der Waals surface area contributed by atoms with E-state index in [4.69, 9.17) is 0 Å². The van der Waals surface area contributed by atoms with Crippen LogP contribution in [0.25, 0.3) is 0 Å². The van der Waals surface area contributed by atoms with Crippen LogP contribution in [0.5, 0.6) is 0 Å². The quantitative estimate of drug-likeness (QED) is 0.760. The minimum absolute atomic E-state index is 0.458. The van der Waals surface area contributed by atoms with Gasteiger partial charge in [-0.2, -0.15) is 5.26 Å². The summed E-state index contributed by atoms with van der Waals surface area (Å²) in [6.45, 7) is 9.52. The lowest BCUT2D eigenvalue weighted by molar-refractivity contribution is 0.361. The first kappa shape index (κ1) is 12.9. The highest BCUT2D eigenvalue weighted by Crippen LogP contribution is 2.30. The van der Waals surface area contributed by atoms with Crippen molar-refractivity contribution < 1.29 is 0 Å². The molecular weight excluding hydrogens is 222 g/mol. The number of aryl methyl sites for hydroxylation is 2. The van der Waals surface area contributed by atoms with Gasteiger partial charge in [0.05, 0.1) is 5.56 Å². The van der Waals surface area contributed by atoms with Gasteiger partial charge in [-0.1, -0.05) is 6.92 Å². The van der Waals surface area contributed by atoms with Gasteiger partial charge >= 0.3 is 0 Å². The molecule has 0 N–H and O–H groups in total. The molecule has 1 saturated heterocycles. The Morgan fingerprint density at radius 1 is 1.39 bits per heavy atom. The number of nitriles is 1. The Hall–Kier alpha value is -1.56. The molecule has 1 fully saturated rings. The van der Waals surface area contributed by atoms with Crippen LogP contribution in [0.15, 0.2) is 6.07 Å². The second kappa shape index (κ2) is 4.97. The first-order chi connectivity index (χ1) is 8.54. The van der Waals surface area contributed by atoms with E-state index in [1.54, 1.807) is 0 Å². The van der Waals surface area contributed by atoms with E-state index in [1.807, 2.05) is 19.9 Å². The fraction of sp³-hybridized carbons (Fsp3) is 0.600. The molecular formula is C15H21N3. The molecule has 3 nitrogen and oxygen atoms in total. The average Bonchev–Trinajstić information content (AvgIpc) is 2.32. The van der Waals surface area contributed by atoms with Crippen molar-refractivity contribution in [2.75, 3.05) is 11.4 Å². The summed E-state index contributed by atoms with van der Waals surface area (Å²) in [6, 6.07) is 4.76. The van der Waals surface area contributed by atoms with Gasteiger partial charge in [-0.25, -0.2) is 4.98 Å². The highest BCUT2D eigenvalue weighted by atomic mass is 15.2. The van der Waals surface area contributed by atoms with Crippen molar-refractivity contribution in [2.45, 2.75) is 46.6 Å². The normalized spacial score (nSPS) is 23.8. The molecule has 0 aromatic carbocycles. The van der Waals surface area contributed by atoms with Crippen LogP contribution in [0.2, 0.25) is 0 Å². The SMILES string of the molecule is Cc1cc(C)c(C#N)c(N2CCCC(C)C2C)n1. The molecule has 0 bridgehead atoms. The number of anilines is 1. The van der Waals surface area contributed by atoms with Gasteiger partial charge in [-0.15, -0.1) is 0 Å². The molecule has 2 rings (SSSR count). The van der Waals surface area contributed by atoms with Gasteiger partial charge in [0.25, 0.3) is 0 Å². The van der Waals surface area contributed by atoms with E-state index in [9.17, 15) is 5.26 Å². The summed E-state index contributed by atoms with van der Waals surface area (Å²) in [7, 11) is 0. The van der Waals surface area contributed by atoms with Crippen LogP contribution < -0.4 is 4.90 Å². The zero-order valence-corrected chi connectivity index (χ0v) is 11.7. The molecule has 0 radical (unpaired) electrons. The second-order valence-corrected chi connectivity index (χ2v) is 5.44. The van der Waals surface area contributed by atoms with Crippen molar-refractivity contribution in [3.63, 3.8) is 0 Å². The lowest BCUT2D eigenvalue weighted by atomic mass is 9.91. The zero-order chi connectivity index (χ0) is 13.3. The largest absolute Gasteiger partial charge is 0.353 e. The monoisotopic (exact) mass is 243 g/mol.